The summed E-state index contributed by atoms with van der Waals surface area (Å²) in [6, 6.07) is 6.98. The van der Waals surface area contributed by atoms with Crippen LogP contribution in [0.1, 0.15) is 73.5 Å². The molecule has 5 rings (SSSR count). The number of anilines is 1. The molecule has 1 aliphatic heterocycles. The van der Waals surface area contributed by atoms with Crippen molar-refractivity contribution in [3.8, 4) is 22.8 Å². The number of halogens is 5. The Hall–Kier alpha value is -3.40. The molecule has 2 aliphatic rings. The highest BCUT2D eigenvalue weighted by Crippen LogP contribution is 2.54. The largest absolute Gasteiger partial charge is 0.495 e. The summed E-state index contributed by atoms with van der Waals surface area (Å²) in [5.74, 6) is 0.195. The van der Waals surface area contributed by atoms with Gasteiger partial charge in [-0.25, -0.2) is 18.2 Å². The van der Waals surface area contributed by atoms with Crippen LogP contribution in [0.2, 0.25) is 5.02 Å². The van der Waals surface area contributed by atoms with E-state index in [1.54, 1.807) is 12.3 Å². The number of hydrogen-bond donors (Lipinski definition) is 1. The number of rotatable bonds is 11. The Kier molecular flexibility index (Phi) is 8.38. The van der Waals surface area contributed by atoms with Crippen molar-refractivity contribution >= 4 is 23.5 Å². The lowest BCUT2D eigenvalue weighted by molar-refractivity contribution is 0.146. The molecule has 11 heteroatoms. The minimum atomic E-state index is -2.88. The van der Waals surface area contributed by atoms with Crippen LogP contribution in [0, 0.1) is 0 Å². The van der Waals surface area contributed by atoms with E-state index < -0.39 is 35.8 Å². The molecular weight excluding hydrogens is 572 g/mol. The van der Waals surface area contributed by atoms with E-state index in [4.69, 9.17) is 31.8 Å². The maximum absolute atomic E-state index is 16.2. The Morgan fingerprint density at radius 2 is 2.00 bits per heavy atom. The molecule has 2 N–H and O–H groups in total. The fraction of sp³-hybridized carbons (Fsp3) is 0.452. The number of aromatic nitrogens is 2. The van der Waals surface area contributed by atoms with E-state index in [1.165, 1.54) is 19.4 Å². The van der Waals surface area contributed by atoms with Crippen molar-refractivity contribution in [3.63, 3.8) is 0 Å². The molecule has 0 spiro atoms. The zero-order valence-electron chi connectivity index (χ0n) is 23.7. The summed E-state index contributed by atoms with van der Waals surface area (Å²) < 4.78 is 67.6. The smallest absolute Gasteiger partial charge is 0.281 e. The Morgan fingerprint density at radius 1 is 1.24 bits per heavy atom. The summed E-state index contributed by atoms with van der Waals surface area (Å²) in [7, 11) is 1.50. The van der Waals surface area contributed by atoms with Gasteiger partial charge in [-0.1, -0.05) is 25.4 Å². The lowest BCUT2D eigenvalue weighted by Crippen LogP contribution is -2.22. The third-order valence-corrected chi connectivity index (χ3v) is 8.33. The summed E-state index contributed by atoms with van der Waals surface area (Å²) >= 11 is 6.43. The number of fused-ring (bicyclic) bond motifs is 1. The van der Waals surface area contributed by atoms with Crippen molar-refractivity contribution in [2.45, 2.75) is 63.0 Å². The average molecular weight is 605 g/mol. The topological polar surface area (TPSA) is 82.6 Å². The van der Waals surface area contributed by atoms with Crippen LogP contribution >= 0.6 is 11.6 Å². The molecular formula is C31H33ClF4N4O2. The number of benzene rings is 1. The van der Waals surface area contributed by atoms with Crippen molar-refractivity contribution in [2.24, 2.45) is 4.99 Å². The van der Waals surface area contributed by atoms with Gasteiger partial charge < -0.3 is 15.2 Å². The van der Waals surface area contributed by atoms with Gasteiger partial charge in [0.25, 0.3) is 6.43 Å². The monoisotopic (exact) mass is 604 g/mol. The average Bonchev–Trinajstić information content (AvgIpc) is 3.63. The first-order valence-corrected chi connectivity index (χ1v) is 14.2. The third-order valence-electron chi connectivity index (χ3n) is 7.93. The van der Waals surface area contributed by atoms with Gasteiger partial charge in [0.05, 0.1) is 31.1 Å². The molecule has 6 nitrogen and oxygen atoms in total. The molecule has 1 aliphatic carbocycles. The van der Waals surface area contributed by atoms with Gasteiger partial charge in [0.1, 0.15) is 28.6 Å². The zero-order chi connectivity index (χ0) is 30.2. The number of pyridine rings is 2. The second kappa shape index (κ2) is 11.7. The fourth-order valence-electron chi connectivity index (χ4n) is 5.36. The number of methoxy groups -OCH3 is 1. The highest BCUT2D eigenvalue weighted by molar-refractivity contribution is 6.34. The number of ether oxygens (including phenoxy) is 2. The minimum absolute atomic E-state index is 0.217. The molecule has 3 heterocycles. The van der Waals surface area contributed by atoms with Gasteiger partial charge in [-0.2, -0.15) is 0 Å². The van der Waals surface area contributed by atoms with Gasteiger partial charge in [-0.3, -0.25) is 14.4 Å². The third kappa shape index (κ3) is 5.78. The van der Waals surface area contributed by atoms with E-state index in [-0.39, 0.29) is 22.7 Å². The van der Waals surface area contributed by atoms with Gasteiger partial charge in [-0.05, 0) is 55.5 Å². The van der Waals surface area contributed by atoms with E-state index in [0.29, 0.717) is 60.9 Å². The van der Waals surface area contributed by atoms with E-state index >= 15 is 4.39 Å². The van der Waals surface area contributed by atoms with Crippen LogP contribution in [0.5, 0.6) is 11.5 Å². The van der Waals surface area contributed by atoms with Crippen LogP contribution in [0.4, 0.5) is 23.2 Å². The van der Waals surface area contributed by atoms with Gasteiger partial charge >= 0.3 is 0 Å². The molecule has 2 aromatic heterocycles. The Labute approximate surface area is 247 Å². The number of hydrogen-bond acceptors (Lipinski definition) is 6. The highest BCUT2D eigenvalue weighted by atomic mass is 35.5. The molecule has 1 unspecified atom stereocenters. The molecule has 3 aromatic rings. The number of nitrogen functional groups attached to an aromatic ring is 1. The molecule has 1 atom stereocenters. The highest BCUT2D eigenvalue weighted by Gasteiger charge is 2.52. The maximum atomic E-state index is 16.2. The summed E-state index contributed by atoms with van der Waals surface area (Å²) in [5, 5.41) is -0.217. The molecule has 224 valence electrons. The van der Waals surface area contributed by atoms with E-state index in [9.17, 15) is 13.2 Å². The molecule has 42 heavy (non-hydrogen) atoms. The first-order chi connectivity index (χ1) is 20.0. The number of alkyl halides is 4. The number of aliphatic imine (C=N–C) groups is 1. The zero-order valence-corrected chi connectivity index (χ0v) is 24.4. The van der Waals surface area contributed by atoms with Crippen molar-refractivity contribution in [1.29, 1.82) is 0 Å². The molecule has 0 bridgehead atoms. The molecule has 0 amide bonds. The molecule has 1 fully saturated rings. The molecule has 1 saturated carbocycles. The summed E-state index contributed by atoms with van der Waals surface area (Å²) in [4.78, 5) is 12.9. The lowest BCUT2D eigenvalue weighted by Gasteiger charge is -2.24. The Balaban J connectivity index is 1.62. The maximum Gasteiger partial charge on any atom is 0.281 e. The van der Waals surface area contributed by atoms with E-state index in [1.807, 2.05) is 26.0 Å². The second-order valence-corrected chi connectivity index (χ2v) is 11.9. The van der Waals surface area contributed by atoms with Crippen molar-refractivity contribution in [1.82, 2.24) is 9.97 Å². The summed E-state index contributed by atoms with van der Waals surface area (Å²) in [6.07, 6.45) is 1.24. The van der Waals surface area contributed by atoms with Crippen LogP contribution < -0.4 is 15.2 Å². The summed E-state index contributed by atoms with van der Waals surface area (Å²) in [5.41, 5.74) is 7.32. The Morgan fingerprint density at radius 3 is 2.67 bits per heavy atom. The van der Waals surface area contributed by atoms with Crippen LogP contribution in [-0.2, 0) is 11.8 Å². The first-order valence-electron chi connectivity index (χ1n) is 13.8. The van der Waals surface area contributed by atoms with Crippen LogP contribution in [0.3, 0.4) is 0 Å². The quantitative estimate of drug-likeness (QED) is 0.105. The van der Waals surface area contributed by atoms with Crippen molar-refractivity contribution in [3.05, 3.63) is 63.6 Å². The fourth-order valence-corrected chi connectivity index (χ4v) is 5.64. The summed E-state index contributed by atoms with van der Waals surface area (Å²) in [6.45, 7) is 4.19. The number of nitrogens with zero attached hydrogens (tertiary/aromatic N) is 3. The molecule has 1 aromatic carbocycles. The predicted molar refractivity (Wildman–Crippen MR) is 156 cm³/mol. The first kappa shape index (κ1) is 30.1. The standard InChI is InChI=1S/C31H33ClF4N4O2/c1-30(2)16-42-28-21(30)14-22(40-26(28)19-5-10-39-27(24(19)32)29(34)35)20(31(36)6-7-31)12-17-11-18(15-38-9-4-8-33)25(37)23(13-17)41-3/h5,10-11,13-15,20,29H,4,6-9,12,16,37H2,1-3H3. The lowest BCUT2D eigenvalue weighted by atomic mass is 9.82. The van der Waals surface area contributed by atoms with Crippen LogP contribution in [-0.4, -0.2) is 48.8 Å². The predicted octanol–water partition coefficient (Wildman–Crippen LogP) is 7.60. The van der Waals surface area contributed by atoms with Crippen LogP contribution in [0.15, 0.2) is 35.5 Å². The van der Waals surface area contributed by atoms with Gasteiger partial charge in [0.15, 0.2) is 0 Å². The van der Waals surface area contributed by atoms with E-state index in [2.05, 4.69) is 9.98 Å². The Bertz CT molecular complexity index is 1510. The number of nitrogens with two attached hydrogens (primary N) is 1. The minimum Gasteiger partial charge on any atom is -0.495 e. The second-order valence-electron chi connectivity index (χ2n) is 11.5. The van der Waals surface area contributed by atoms with Crippen molar-refractivity contribution in [2.75, 3.05) is 32.7 Å². The normalized spacial score (nSPS) is 17.4. The van der Waals surface area contributed by atoms with Gasteiger partial charge in [-0.15, -0.1) is 0 Å². The van der Waals surface area contributed by atoms with Gasteiger partial charge in [0, 0.05) is 52.7 Å². The van der Waals surface area contributed by atoms with Crippen molar-refractivity contribution < 1.29 is 27.0 Å². The van der Waals surface area contributed by atoms with Gasteiger partial charge in [0.2, 0.25) is 0 Å². The molecule has 0 saturated heterocycles. The molecule has 0 radical (unpaired) electrons. The van der Waals surface area contributed by atoms with E-state index in [0.717, 1.165) is 11.1 Å². The SMILES string of the molecule is COc1cc(CC(c2cc3c(c(-c4ccnc(C(F)F)c4Cl)n2)OCC3(C)C)C2(F)CC2)cc(C=NCCCF)c1N. The van der Waals surface area contributed by atoms with Crippen LogP contribution in [0.25, 0.3) is 11.3 Å².